The summed E-state index contributed by atoms with van der Waals surface area (Å²) in [7, 11) is 0. The number of rotatable bonds is 9. The second-order valence-electron chi connectivity index (χ2n) is 8.37. The Morgan fingerprint density at radius 3 is 2.57 bits per heavy atom. The van der Waals surface area contributed by atoms with Crippen LogP contribution in [0.1, 0.15) is 48.3 Å². The minimum absolute atomic E-state index is 0.120. The molecule has 182 valence electrons. The zero-order valence-corrected chi connectivity index (χ0v) is 20.7. The van der Waals surface area contributed by atoms with Gasteiger partial charge in [-0.2, -0.15) is 0 Å². The van der Waals surface area contributed by atoms with E-state index in [1.54, 1.807) is 17.0 Å². The summed E-state index contributed by atoms with van der Waals surface area (Å²) >= 11 is 1.38. The van der Waals surface area contributed by atoms with E-state index < -0.39 is 5.97 Å². The van der Waals surface area contributed by atoms with Gasteiger partial charge in [0.25, 0.3) is 5.91 Å². The summed E-state index contributed by atoms with van der Waals surface area (Å²) in [6, 6.07) is 17.1. The maximum atomic E-state index is 13.2. The van der Waals surface area contributed by atoms with Gasteiger partial charge < -0.3 is 19.5 Å². The first-order valence-corrected chi connectivity index (χ1v) is 12.7. The van der Waals surface area contributed by atoms with Gasteiger partial charge >= 0.3 is 5.97 Å². The number of carboxylic acid groups (broad SMARTS) is 1. The standard InChI is InChI=1S/C28H29NO5S/c1-3-4-15-33-19(2)34-24-10-7-20(8-11-24)21-9-12-25-23(17-21)18-22(28(31)32)13-14-29(25)27(30)26-6-5-16-35-26/h5-12,16-19H,3-4,13-15H2,1-2H3,(H,31,32). The summed E-state index contributed by atoms with van der Waals surface area (Å²) in [5.41, 5.74) is 3.59. The molecule has 1 atom stereocenters. The van der Waals surface area contributed by atoms with Crippen molar-refractivity contribution in [2.45, 2.75) is 39.4 Å². The second kappa shape index (κ2) is 11.3. The number of ether oxygens (including phenoxy) is 2. The molecule has 1 unspecified atom stereocenters. The molecule has 7 heteroatoms. The highest BCUT2D eigenvalue weighted by Crippen LogP contribution is 2.34. The summed E-state index contributed by atoms with van der Waals surface area (Å²) in [5, 5.41) is 11.5. The van der Waals surface area contributed by atoms with E-state index in [0.29, 0.717) is 35.0 Å². The first-order chi connectivity index (χ1) is 17.0. The number of fused-ring (bicyclic) bond motifs is 1. The Bertz CT molecular complexity index is 1200. The molecule has 0 radical (unpaired) electrons. The van der Waals surface area contributed by atoms with Crippen LogP contribution < -0.4 is 9.64 Å². The van der Waals surface area contributed by atoms with Crippen molar-refractivity contribution in [3.8, 4) is 16.9 Å². The van der Waals surface area contributed by atoms with Gasteiger partial charge in [-0.3, -0.25) is 4.79 Å². The number of anilines is 1. The van der Waals surface area contributed by atoms with Gasteiger partial charge in [0.05, 0.1) is 17.2 Å². The molecule has 0 aliphatic carbocycles. The third kappa shape index (κ3) is 5.99. The first-order valence-electron chi connectivity index (χ1n) is 11.8. The summed E-state index contributed by atoms with van der Waals surface area (Å²) in [6.07, 6.45) is 3.70. The zero-order valence-electron chi connectivity index (χ0n) is 19.9. The van der Waals surface area contributed by atoms with E-state index in [1.807, 2.05) is 60.8 Å². The Kier molecular flexibility index (Phi) is 8.00. The largest absolute Gasteiger partial charge is 0.478 e. The Hall–Kier alpha value is -3.42. The van der Waals surface area contributed by atoms with Crippen molar-refractivity contribution >= 4 is 35.0 Å². The highest BCUT2D eigenvalue weighted by Gasteiger charge is 2.25. The summed E-state index contributed by atoms with van der Waals surface area (Å²) in [6.45, 7) is 4.98. The average molecular weight is 492 g/mol. The van der Waals surface area contributed by atoms with Gasteiger partial charge in [0.2, 0.25) is 0 Å². The molecule has 1 aliphatic rings. The van der Waals surface area contributed by atoms with Crippen LogP contribution in [0.25, 0.3) is 17.2 Å². The predicted octanol–water partition coefficient (Wildman–Crippen LogP) is 6.48. The smallest absolute Gasteiger partial charge is 0.331 e. The lowest BCUT2D eigenvalue weighted by Crippen LogP contribution is -2.31. The number of thiophene rings is 1. The lowest BCUT2D eigenvalue weighted by Gasteiger charge is -2.23. The molecule has 6 nitrogen and oxygen atoms in total. The van der Waals surface area contributed by atoms with Crippen LogP contribution in [-0.4, -0.2) is 36.4 Å². The van der Waals surface area contributed by atoms with E-state index in [1.165, 1.54) is 11.3 Å². The topological polar surface area (TPSA) is 76.1 Å². The van der Waals surface area contributed by atoms with Gasteiger partial charge in [-0.1, -0.05) is 37.6 Å². The van der Waals surface area contributed by atoms with Gasteiger partial charge in [0.15, 0.2) is 6.29 Å². The summed E-state index contributed by atoms with van der Waals surface area (Å²) < 4.78 is 11.5. The van der Waals surface area contributed by atoms with E-state index in [2.05, 4.69) is 6.92 Å². The fourth-order valence-corrected chi connectivity index (χ4v) is 4.64. The van der Waals surface area contributed by atoms with Crippen LogP contribution >= 0.6 is 11.3 Å². The van der Waals surface area contributed by atoms with Crippen molar-refractivity contribution in [3.05, 3.63) is 76.0 Å². The molecule has 3 aromatic rings. The van der Waals surface area contributed by atoms with Crippen LogP contribution in [0.2, 0.25) is 0 Å². The third-order valence-electron chi connectivity index (χ3n) is 5.84. The van der Waals surface area contributed by atoms with Crippen molar-refractivity contribution in [1.29, 1.82) is 0 Å². The Balaban J connectivity index is 1.59. The number of aliphatic carboxylic acids is 1. The molecule has 0 saturated heterocycles. The average Bonchev–Trinajstić information content (AvgIpc) is 3.32. The van der Waals surface area contributed by atoms with Gasteiger partial charge in [-0.25, -0.2) is 4.79 Å². The number of amides is 1. The van der Waals surface area contributed by atoms with Crippen LogP contribution in [0, 0.1) is 0 Å². The second-order valence-corrected chi connectivity index (χ2v) is 9.31. The molecule has 0 saturated carbocycles. The highest BCUT2D eigenvalue weighted by molar-refractivity contribution is 7.12. The Morgan fingerprint density at radius 1 is 1.11 bits per heavy atom. The van der Waals surface area contributed by atoms with E-state index in [4.69, 9.17) is 9.47 Å². The molecule has 35 heavy (non-hydrogen) atoms. The SMILES string of the molecule is CCCCOC(C)Oc1ccc(-c2ccc3c(c2)C=C(C(=O)O)CCN3C(=O)c2cccs2)cc1. The summed E-state index contributed by atoms with van der Waals surface area (Å²) in [5.74, 6) is -0.373. The number of hydrogen-bond acceptors (Lipinski definition) is 5. The van der Waals surface area contributed by atoms with E-state index in [9.17, 15) is 14.7 Å². The molecule has 4 rings (SSSR count). The highest BCUT2D eigenvalue weighted by atomic mass is 32.1. The van der Waals surface area contributed by atoms with Crippen LogP contribution in [0.3, 0.4) is 0 Å². The van der Waals surface area contributed by atoms with Crippen LogP contribution in [0.5, 0.6) is 5.75 Å². The molecule has 2 heterocycles. The number of hydrogen-bond donors (Lipinski definition) is 1. The van der Waals surface area contributed by atoms with Gasteiger partial charge in [0, 0.05) is 12.1 Å². The summed E-state index contributed by atoms with van der Waals surface area (Å²) in [4.78, 5) is 27.3. The molecular weight excluding hydrogens is 462 g/mol. The number of benzene rings is 2. The quantitative estimate of drug-likeness (QED) is 0.274. The van der Waals surface area contributed by atoms with E-state index in [-0.39, 0.29) is 24.2 Å². The third-order valence-corrected chi connectivity index (χ3v) is 6.70. The lowest BCUT2D eigenvalue weighted by atomic mass is 10.00. The van der Waals surface area contributed by atoms with Crippen molar-refractivity contribution in [3.63, 3.8) is 0 Å². The molecule has 2 aromatic carbocycles. The minimum Gasteiger partial charge on any atom is -0.478 e. The molecule has 1 aromatic heterocycles. The first kappa shape index (κ1) is 24.7. The minimum atomic E-state index is -0.969. The molecule has 0 fully saturated rings. The van der Waals surface area contributed by atoms with Crippen molar-refractivity contribution in [2.75, 3.05) is 18.1 Å². The van der Waals surface area contributed by atoms with Gasteiger partial charge in [-0.05, 0) is 78.2 Å². The maximum Gasteiger partial charge on any atom is 0.331 e. The monoisotopic (exact) mass is 491 g/mol. The molecular formula is C28H29NO5S. The zero-order chi connectivity index (χ0) is 24.8. The number of carboxylic acids is 1. The molecule has 1 amide bonds. The molecule has 0 spiro atoms. The number of unbranched alkanes of at least 4 members (excludes halogenated alkanes) is 1. The number of carbonyl (C=O) groups is 2. The van der Waals surface area contributed by atoms with Gasteiger partial charge in [-0.15, -0.1) is 11.3 Å². The predicted molar refractivity (Wildman–Crippen MR) is 139 cm³/mol. The molecule has 0 bridgehead atoms. The van der Waals surface area contributed by atoms with Crippen LogP contribution in [0.4, 0.5) is 5.69 Å². The number of carbonyl (C=O) groups excluding carboxylic acids is 1. The lowest BCUT2D eigenvalue weighted by molar-refractivity contribution is -0.132. The fraction of sp³-hybridized carbons (Fsp3) is 0.286. The van der Waals surface area contributed by atoms with Crippen molar-refractivity contribution in [2.24, 2.45) is 0 Å². The van der Waals surface area contributed by atoms with Crippen molar-refractivity contribution in [1.82, 2.24) is 0 Å². The van der Waals surface area contributed by atoms with E-state index in [0.717, 1.165) is 24.0 Å². The fourth-order valence-electron chi connectivity index (χ4n) is 3.97. The Labute approximate surface area is 209 Å². The normalized spacial score (nSPS) is 14.0. The molecule has 1 aliphatic heterocycles. The molecule has 1 N–H and O–H groups in total. The maximum absolute atomic E-state index is 13.2. The van der Waals surface area contributed by atoms with Crippen LogP contribution in [0.15, 0.2) is 65.6 Å². The Morgan fingerprint density at radius 2 is 1.89 bits per heavy atom. The number of nitrogens with zero attached hydrogens (tertiary/aromatic N) is 1. The van der Waals surface area contributed by atoms with E-state index >= 15 is 0 Å². The van der Waals surface area contributed by atoms with Crippen molar-refractivity contribution < 1.29 is 24.2 Å². The van der Waals surface area contributed by atoms with Crippen LogP contribution in [-0.2, 0) is 9.53 Å². The van der Waals surface area contributed by atoms with Gasteiger partial charge in [0.1, 0.15) is 5.75 Å².